The molecule has 2 N–H and O–H groups in total. The van der Waals surface area contributed by atoms with E-state index in [1.807, 2.05) is 17.6 Å². The molecule has 1 aliphatic rings. The largest absolute Gasteiger partial charge is 0.493 e. The van der Waals surface area contributed by atoms with Gasteiger partial charge in [0.2, 0.25) is 0 Å². The molecule has 2 rings (SSSR count). The predicted molar refractivity (Wildman–Crippen MR) is 83.4 cm³/mol. The fourth-order valence-corrected chi connectivity index (χ4v) is 2.21. The Morgan fingerprint density at radius 2 is 1.83 bits per heavy atom. The number of methoxy groups -OCH3 is 1. The molecule has 1 aliphatic heterocycles. The smallest absolute Gasteiger partial charge is 0.328 e. The Hall–Kier alpha value is -2.54. The summed E-state index contributed by atoms with van der Waals surface area (Å²) in [5.74, 6) is -0.781. The van der Waals surface area contributed by atoms with E-state index in [1.165, 1.54) is 13.2 Å². The molecule has 122 valence electrons. The Labute approximate surface area is 137 Å². The van der Waals surface area contributed by atoms with Crippen LogP contribution in [0.3, 0.4) is 0 Å². The van der Waals surface area contributed by atoms with Crippen molar-refractivity contribution in [2.24, 2.45) is 0 Å². The van der Waals surface area contributed by atoms with Gasteiger partial charge in [0.1, 0.15) is 5.57 Å². The number of ether oxygens (including phenoxy) is 2. The third kappa shape index (κ3) is 3.81. The highest BCUT2D eigenvalue weighted by molar-refractivity contribution is 6.33. The van der Waals surface area contributed by atoms with Gasteiger partial charge in [-0.05, 0) is 30.2 Å². The molecule has 1 aromatic carbocycles. The van der Waals surface area contributed by atoms with Gasteiger partial charge in [0.15, 0.2) is 11.5 Å². The maximum atomic E-state index is 11.7. The predicted octanol–water partition coefficient (Wildman–Crippen LogP) is 1.89. The topological polar surface area (TPSA) is 93.7 Å². The second-order valence-corrected chi connectivity index (χ2v) is 5.09. The Kier molecular flexibility index (Phi) is 5.23. The van der Waals surface area contributed by atoms with Crippen LogP contribution in [0, 0.1) is 0 Å². The minimum Gasteiger partial charge on any atom is -0.493 e. The van der Waals surface area contributed by atoms with Gasteiger partial charge in [-0.25, -0.2) is 4.79 Å². The van der Waals surface area contributed by atoms with Crippen molar-refractivity contribution in [3.8, 4) is 11.5 Å². The van der Waals surface area contributed by atoms with E-state index in [1.54, 1.807) is 12.1 Å². The highest BCUT2D eigenvalue weighted by atomic mass is 35.5. The highest BCUT2D eigenvalue weighted by Crippen LogP contribution is 2.37. The van der Waals surface area contributed by atoms with Crippen LogP contribution in [0.2, 0.25) is 5.02 Å². The molecule has 0 radical (unpaired) electrons. The number of hydrogen-bond donors (Lipinski definition) is 2. The summed E-state index contributed by atoms with van der Waals surface area (Å²) in [5, 5.41) is 4.28. The summed E-state index contributed by atoms with van der Waals surface area (Å²) < 4.78 is 10.8. The van der Waals surface area contributed by atoms with Gasteiger partial charge in [0, 0.05) is 0 Å². The number of halogens is 1. The molecule has 8 heteroatoms. The van der Waals surface area contributed by atoms with E-state index in [9.17, 15) is 14.4 Å². The van der Waals surface area contributed by atoms with E-state index >= 15 is 0 Å². The standard InChI is InChI=1S/C15H15ClN2O5/c1-3-4-23-12-10(16)6-8(7-11(12)22-2)5-9-13(19)17-15(21)18-14(9)20/h5-7H,3-4H2,1-2H3,(H2,17,18,19,20,21). The summed E-state index contributed by atoms with van der Waals surface area (Å²) in [6.45, 7) is 2.43. The van der Waals surface area contributed by atoms with E-state index in [2.05, 4.69) is 0 Å². The molecule has 23 heavy (non-hydrogen) atoms. The van der Waals surface area contributed by atoms with Crippen molar-refractivity contribution in [1.82, 2.24) is 10.6 Å². The summed E-state index contributed by atoms with van der Waals surface area (Å²) in [6.07, 6.45) is 2.12. The van der Waals surface area contributed by atoms with Crippen LogP contribution in [-0.2, 0) is 9.59 Å². The molecule has 0 unspecified atom stereocenters. The van der Waals surface area contributed by atoms with Crippen LogP contribution in [-0.4, -0.2) is 31.6 Å². The van der Waals surface area contributed by atoms with Crippen molar-refractivity contribution in [3.05, 3.63) is 28.3 Å². The summed E-state index contributed by atoms with van der Waals surface area (Å²) in [7, 11) is 1.46. The van der Waals surface area contributed by atoms with Crippen molar-refractivity contribution in [2.45, 2.75) is 13.3 Å². The van der Waals surface area contributed by atoms with Gasteiger partial charge in [0.05, 0.1) is 18.7 Å². The first-order valence-corrected chi connectivity index (χ1v) is 7.22. The van der Waals surface area contributed by atoms with Gasteiger partial charge in [0.25, 0.3) is 11.8 Å². The second-order valence-electron chi connectivity index (χ2n) is 4.68. The summed E-state index contributed by atoms with van der Waals surface area (Å²) in [4.78, 5) is 34.5. The first kappa shape index (κ1) is 16.8. The monoisotopic (exact) mass is 338 g/mol. The van der Waals surface area contributed by atoms with Crippen LogP contribution in [0.15, 0.2) is 17.7 Å². The normalized spacial score (nSPS) is 14.2. The zero-order chi connectivity index (χ0) is 17.0. The lowest BCUT2D eigenvalue weighted by molar-refractivity contribution is -0.123. The lowest BCUT2D eigenvalue weighted by Gasteiger charge is -2.15. The number of hydrogen-bond acceptors (Lipinski definition) is 5. The minimum atomic E-state index is -0.851. The van der Waals surface area contributed by atoms with E-state index in [-0.39, 0.29) is 10.6 Å². The maximum Gasteiger partial charge on any atom is 0.328 e. The number of carbonyl (C=O) groups is 3. The van der Waals surface area contributed by atoms with Gasteiger partial charge in [-0.15, -0.1) is 0 Å². The lowest BCUT2D eigenvalue weighted by Crippen LogP contribution is -2.51. The van der Waals surface area contributed by atoms with Gasteiger partial charge in [-0.1, -0.05) is 18.5 Å². The van der Waals surface area contributed by atoms with E-state index in [0.29, 0.717) is 23.7 Å². The third-order valence-electron chi connectivity index (χ3n) is 2.96. The average molecular weight is 339 g/mol. The summed E-state index contributed by atoms with van der Waals surface area (Å²) >= 11 is 6.17. The number of carbonyl (C=O) groups excluding carboxylic acids is 3. The lowest BCUT2D eigenvalue weighted by atomic mass is 10.1. The van der Waals surface area contributed by atoms with Gasteiger partial charge in [-0.2, -0.15) is 0 Å². The van der Waals surface area contributed by atoms with Crippen LogP contribution in [0.4, 0.5) is 4.79 Å². The molecule has 0 bridgehead atoms. The number of nitrogens with one attached hydrogen (secondary N) is 2. The first-order chi connectivity index (χ1) is 11.0. The zero-order valence-electron chi connectivity index (χ0n) is 12.6. The quantitative estimate of drug-likeness (QED) is 0.631. The van der Waals surface area contributed by atoms with E-state index in [4.69, 9.17) is 21.1 Å². The molecule has 0 aliphatic carbocycles. The number of benzene rings is 1. The first-order valence-electron chi connectivity index (χ1n) is 6.85. The highest BCUT2D eigenvalue weighted by Gasteiger charge is 2.27. The number of imide groups is 2. The number of rotatable bonds is 5. The van der Waals surface area contributed by atoms with Crippen LogP contribution in [0.5, 0.6) is 11.5 Å². The SMILES string of the molecule is CCCOc1c(Cl)cc(C=C2C(=O)NC(=O)NC2=O)cc1OC. The summed E-state index contributed by atoms with van der Waals surface area (Å²) in [5.41, 5.74) is 0.260. The van der Waals surface area contributed by atoms with E-state index in [0.717, 1.165) is 6.42 Å². The van der Waals surface area contributed by atoms with Crippen LogP contribution in [0.25, 0.3) is 6.08 Å². The van der Waals surface area contributed by atoms with Gasteiger partial charge in [-0.3, -0.25) is 20.2 Å². The fraction of sp³-hybridized carbons (Fsp3) is 0.267. The molecule has 0 atom stereocenters. The minimum absolute atomic E-state index is 0.204. The zero-order valence-corrected chi connectivity index (χ0v) is 13.3. The molecule has 7 nitrogen and oxygen atoms in total. The fourth-order valence-electron chi connectivity index (χ4n) is 1.94. The van der Waals surface area contributed by atoms with Crippen molar-refractivity contribution in [2.75, 3.05) is 13.7 Å². The Balaban J connectivity index is 2.38. The van der Waals surface area contributed by atoms with Crippen molar-refractivity contribution in [3.63, 3.8) is 0 Å². The van der Waals surface area contributed by atoms with Crippen LogP contribution in [0.1, 0.15) is 18.9 Å². The molecule has 1 heterocycles. The van der Waals surface area contributed by atoms with Crippen molar-refractivity contribution < 1.29 is 23.9 Å². The third-order valence-corrected chi connectivity index (χ3v) is 3.24. The van der Waals surface area contributed by atoms with Gasteiger partial charge >= 0.3 is 6.03 Å². The van der Waals surface area contributed by atoms with E-state index < -0.39 is 17.8 Å². The Morgan fingerprint density at radius 3 is 2.39 bits per heavy atom. The molecule has 0 spiro atoms. The maximum absolute atomic E-state index is 11.7. The summed E-state index contributed by atoms with van der Waals surface area (Å²) in [6, 6.07) is 2.27. The molecular weight excluding hydrogens is 324 g/mol. The van der Waals surface area contributed by atoms with Crippen molar-refractivity contribution >= 4 is 35.5 Å². The molecular formula is C15H15ClN2O5. The second kappa shape index (κ2) is 7.15. The number of barbiturate groups is 1. The molecule has 1 aromatic rings. The molecule has 0 saturated carbocycles. The average Bonchev–Trinajstić information content (AvgIpc) is 2.49. The molecule has 1 saturated heterocycles. The Morgan fingerprint density at radius 1 is 1.17 bits per heavy atom. The number of amides is 4. The molecule has 0 aromatic heterocycles. The van der Waals surface area contributed by atoms with Crippen LogP contribution >= 0.6 is 11.6 Å². The van der Waals surface area contributed by atoms with Crippen LogP contribution < -0.4 is 20.1 Å². The van der Waals surface area contributed by atoms with Gasteiger partial charge < -0.3 is 9.47 Å². The van der Waals surface area contributed by atoms with Crippen molar-refractivity contribution in [1.29, 1.82) is 0 Å². The Bertz CT molecular complexity index is 677. The number of urea groups is 1. The molecule has 1 fully saturated rings. The molecule has 4 amide bonds.